The molecule has 0 aliphatic rings. The molecule has 0 aliphatic heterocycles. The highest BCUT2D eigenvalue weighted by molar-refractivity contribution is 6.30. The molecule has 1 atom stereocenters. The van der Waals surface area contributed by atoms with Gasteiger partial charge in [-0.05, 0) is 37.7 Å². The van der Waals surface area contributed by atoms with Crippen molar-refractivity contribution in [1.82, 2.24) is 5.32 Å². The molecule has 0 fully saturated rings. The minimum atomic E-state index is 0.126. The number of hydrogen-bond donors (Lipinski definition) is 2. The lowest BCUT2D eigenvalue weighted by molar-refractivity contribution is 0.458. The van der Waals surface area contributed by atoms with E-state index in [0.717, 1.165) is 22.8 Å². The summed E-state index contributed by atoms with van der Waals surface area (Å²) in [7, 11) is 3.88. The summed E-state index contributed by atoms with van der Waals surface area (Å²) in [5.74, 6) is 0.317. The molecule has 2 aromatic carbocycles. The third kappa shape index (κ3) is 3.90. The first-order chi connectivity index (χ1) is 10.0. The monoisotopic (exact) mass is 304 g/mol. The van der Waals surface area contributed by atoms with E-state index in [9.17, 15) is 5.11 Å². The van der Waals surface area contributed by atoms with Crippen molar-refractivity contribution in [2.75, 3.05) is 19.0 Å². The smallest absolute Gasteiger partial charge is 0.122 e. The van der Waals surface area contributed by atoms with Crippen LogP contribution in [0.5, 0.6) is 5.75 Å². The highest BCUT2D eigenvalue weighted by Gasteiger charge is 2.10. The Morgan fingerprint density at radius 2 is 1.86 bits per heavy atom. The molecule has 0 radical (unpaired) electrons. The van der Waals surface area contributed by atoms with Crippen molar-refractivity contribution in [1.29, 1.82) is 0 Å². The number of phenolic OH excluding ortho intramolecular Hbond substituents is 1. The molecule has 4 heteroatoms. The normalized spacial score (nSPS) is 12.2. The van der Waals surface area contributed by atoms with Crippen molar-refractivity contribution >= 4 is 17.3 Å². The molecule has 21 heavy (non-hydrogen) atoms. The van der Waals surface area contributed by atoms with Gasteiger partial charge in [-0.25, -0.2) is 0 Å². The summed E-state index contributed by atoms with van der Waals surface area (Å²) in [4.78, 5) is 2.09. The van der Waals surface area contributed by atoms with E-state index in [1.54, 1.807) is 6.07 Å². The number of anilines is 1. The van der Waals surface area contributed by atoms with Gasteiger partial charge < -0.3 is 15.3 Å². The molecule has 0 spiro atoms. The van der Waals surface area contributed by atoms with Crippen LogP contribution in [0.2, 0.25) is 5.02 Å². The molecule has 2 rings (SSSR count). The van der Waals surface area contributed by atoms with Crippen molar-refractivity contribution in [3.05, 3.63) is 58.6 Å². The Hall–Kier alpha value is -1.71. The van der Waals surface area contributed by atoms with Crippen LogP contribution in [0.3, 0.4) is 0 Å². The fraction of sp³-hybridized carbons (Fsp3) is 0.294. The van der Waals surface area contributed by atoms with Crippen molar-refractivity contribution in [3.8, 4) is 5.75 Å². The number of nitrogens with zero attached hydrogens (tertiary/aromatic N) is 1. The molecule has 0 amide bonds. The molecule has 1 unspecified atom stereocenters. The lowest BCUT2D eigenvalue weighted by Gasteiger charge is -2.21. The van der Waals surface area contributed by atoms with E-state index < -0.39 is 0 Å². The number of aromatic hydroxyl groups is 1. The maximum absolute atomic E-state index is 10.2. The van der Waals surface area contributed by atoms with Gasteiger partial charge in [0.15, 0.2) is 0 Å². The van der Waals surface area contributed by atoms with Gasteiger partial charge in [-0.3, -0.25) is 0 Å². The van der Waals surface area contributed by atoms with E-state index >= 15 is 0 Å². The van der Waals surface area contributed by atoms with Crippen LogP contribution >= 0.6 is 11.6 Å². The van der Waals surface area contributed by atoms with Gasteiger partial charge in [0.05, 0.1) is 0 Å². The molecule has 0 bridgehead atoms. The second-order valence-electron chi connectivity index (χ2n) is 5.24. The minimum Gasteiger partial charge on any atom is -0.508 e. The highest BCUT2D eigenvalue weighted by atomic mass is 35.5. The number of hydrogen-bond acceptors (Lipinski definition) is 3. The van der Waals surface area contributed by atoms with Crippen molar-refractivity contribution in [2.45, 2.75) is 19.5 Å². The second-order valence-corrected chi connectivity index (χ2v) is 5.67. The summed E-state index contributed by atoms with van der Waals surface area (Å²) in [5.41, 5.74) is 3.06. The maximum atomic E-state index is 10.2. The van der Waals surface area contributed by atoms with Crippen molar-refractivity contribution in [2.24, 2.45) is 0 Å². The summed E-state index contributed by atoms with van der Waals surface area (Å²) in [6, 6.07) is 13.7. The topological polar surface area (TPSA) is 35.5 Å². The highest BCUT2D eigenvalue weighted by Crippen LogP contribution is 2.29. The third-order valence-corrected chi connectivity index (χ3v) is 3.94. The Bertz CT molecular complexity index is 598. The van der Waals surface area contributed by atoms with Crippen LogP contribution < -0.4 is 10.2 Å². The molecule has 0 saturated carbocycles. The Kier molecular flexibility index (Phi) is 5.10. The molecule has 3 nitrogen and oxygen atoms in total. The Morgan fingerprint density at radius 3 is 2.43 bits per heavy atom. The van der Waals surface area contributed by atoms with Gasteiger partial charge in [-0.2, -0.15) is 0 Å². The van der Waals surface area contributed by atoms with Gasteiger partial charge in [0.1, 0.15) is 5.75 Å². The van der Waals surface area contributed by atoms with Gasteiger partial charge >= 0.3 is 0 Å². The van der Waals surface area contributed by atoms with Crippen LogP contribution in [0.15, 0.2) is 42.5 Å². The molecule has 0 saturated heterocycles. The van der Waals surface area contributed by atoms with E-state index in [4.69, 9.17) is 11.6 Å². The van der Waals surface area contributed by atoms with Gasteiger partial charge in [0.2, 0.25) is 0 Å². The van der Waals surface area contributed by atoms with Crippen molar-refractivity contribution < 1.29 is 5.11 Å². The summed E-state index contributed by atoms with van der Waals surface area (Å²) in [6.07, 6.45) is 0. The van der Waals surface area contributed by atoms with E-state index in [0.29, 0.717) is 5.75 Å². The molecular weight excluding hydrogens is 284 g/mol. The lowest BCUT2D eigenvalue weighted by Crippen LogP contribution is -2.17. The first-order valence-electron chi connectivity index (χ1n) is 6.97. The number of benzene rings is 2. The quantitative estimate of drug-likeness (QED) is 0.877. The molecule has 2 N–H and O–H groups in total. The molecule has 0 aliphatic carbocycles. The van der Waals surface area contributed by atoms with Crippen LogP contribution in [0, 0.1) is 0 Å². The second kappa shape index (κ2) is 6.83. The van der Waals surface area contributed by atoms with Gasteiger partial charge in [-0.1, -0.05) is 29.8 Å². The average Bonchev–Trinajstić information content (AvgIpc) is 2.48. The number of halogens is 1. The van der Waals surface area contributed by atoms with Crippen LogP contribution in [-0.4, -0.2) is 19.2 Å². The molecule has 0 aromatic heterocycles. The Morgan fingerprint density at radius 1 is 1.19 bits per heavy atom. The van der Waals surface area contributed by atoms with E-state index in [1.165, 1.54) is 5.56 Å². The average molecular weight is 305 g/mol. The predicted molar refractivity (Wildman–Crippen MR) is 89.1 cm³/mol. The first kappa shape index (κ1) is 15.7. The van der Waals surface area contributed by atoms with E-state index in [1.807, 2.05) is 57.4 Å². The van der Waals surface area contributed by atoms with Crippen LogP contribution in [-0.2, 0) is 6.54 Å². The summed E-state index contributed by atoms with van der Waals surface area (Å²) in [6.45, 7) is 2.78. The number of phenols is 1. The van der Waals surface area contributed by atoms with Crippen LogP contribution in [0.25, 0.3) is 0 Å². The lowest BCUT2D eigenvalue weighted by atomic mass is 10.1. The van der Waals surface area contributed by atoms with Gasteiger partial charge in [0.25, 0.3) is 0 Å². The molecule has 112 valence electrons. The zero-order valence-corrected chi connectivity index (χ0v) is 13.4. The minimum absolute atomic E-state index is 0.126. The third-order valence-electron chi connectivity index (χ3n) is 3.69. The van der Waals surface area contributed by atoms with Crippen LogP contribution in [0.4, 0.5) is 5.69 Å². The summed E-state index contributed by atoms with van der Waals surface area (Å²) in [5, 5.41) is 14.0. The zero-order valence-electron chi connectivity index (χ0n) is 12.6. The summed E-state index contributed by atoms with van der Waals surface area (Å²) < 4.78 is 0. The van der Waals surface area contributed by atoms with E-state index in [-0.39, 0.29) is 6.04 Å². The van der Waals surface area contributed by atoms with E-state index in [2.05, 4.69) is 10.2 Å². The maximum Gasteiger partial charge on any atom is 0.122 e. The Labute approximate surface area is 131 Å². The zero-order chi connectivity index (χ0) is 15.4. The fourth-order valence-electron chi connectivity index (χ4n) is 2.25. The van der Waals surface area contributed by atoms with Gasteiger partial charge in [-0.15, -0.1) is 0 Å². The SMILES string of the molecule is CNC(C)c1ccc(N(C)Cc2ccc(Cl)cc2)cc1O. The summed E-state index contributed by atoms with van der Waals surface area (Å²) >= 11 is 5.89. The molecule has 2 aromatic rings. The van der Waals surface area contributed by atoms with Crippen molar-refractivity contribution in [3.63, 3.8) is 0 Å². The van der Waals surface area contributed by atoms with Crippen LogP contribution in [0.1, 0.15) is 24.1 Å². The number of nitrogens with one attached hydrogen (secondary N) is 1. The number of rotatable bonds is 5. The predicted octanol–water partition coefficient (Wildman–Crippen LogP) is 3.96. The molecular formula is C17H21ClN2O. The standard InChI is InChI=1S/C17H21ClN2O/c1-12(19-2)16-9-8-15(10-17(16)21)20(3)11-13-4-6-14(18)7-5-13/h4-10,12,19,21H,11H2,1-3H3. The largest absolute Gasteiger partial charge is 0.508 e. The van der Waals surface area contributed by atoms with Gasteiger partial charge in [0, 0.05) is 42.0 Å². The fourth-order valence-corrected chi connectivity index (χ4v) is 2.37. The molecule has 0 heterocycles. The Balaban J connectivity index is 2.14. The first-order valence-corrected chi connectivity index (χ1v) is 7.35.